The van der Waals surface area contributed by atoms with Crippen LogP contribution in [0.5, 0.6) is 0 Å². The molecule has 7 heteroatoms. The molecule has 1 saturated heterocycles. The highest BCUT2D eigenvalue weighted by Gasteiger charge is 2.33. The van der Waals surface area contributed by atoms with Gasteiger partial charge in [0.1, 0.15) is 5.71 Å². The second-order valence-corrected chi connectivity index (χ2v) is 9.00. The summed E-state index contributed by atoms with van der Waals surface area (Å²) in [7, 11) is 0. The van der Waals surface area contributed by atoms with Crippen molar-refractivity contribution >= 4 is 28.8 Å². The molecule has 36 heavy (non-hydrogen) atoms. The van der Waals surface area contributed by atoms with Crippen LogP contribution < -0.4 is 10.7 Å². The van der Waals surface area contributed by atoms with Crippen molar-refractivity contribution in [3.05, 3.63) is 96.1 Å². The van der Waals surface area contributed by atoms with E-state index in [0.717, 1.165) is 44.0 Å². The average Bonchev–Trinajstić information content (AvgIpc) is 2.88. The minimum atomic E-state index is -0.402. The summed E-state index contributed by atoms with van der Waals surface area (Å²) in [6, 6.07) is 27.3. The number of Topliss-reactive ketones (excluding diaryl/α,β-unsaturated/α-hetero) is 1. The van der Waals surface area contributed by atoms with Gasteiger partial charge in [-0.15, -0.1) is 0 Å². The second-order valence-electron chi connectivity index (χ2n) is 9.00. The molecular weight excluding hydrogens is 450 g/mol. The first-order chi connectivity index (χ1) is 17.5. The number of para-hydroxylation sites is 2. The molecule has 1 fully saturated rings. The standard InChI is InChI=1S/C29H33N5O2/c1-22(35)28(32-31-25-13-7-4-8-14-25)29(26-15-9-10-16-27(26)30-23(2)36)34-19-17-33(18-20-34)21-24-11-5-3-6-12-24/h3-16,29,31H,17-21H2,1-2H3,(H,30,36)/b32-28+. The van der Waals surface area contributed by atoms with Gasteiger partial charge >= 0.3 is 0 Å². The zero-order valence-electron chi connectivity index (χ0n) is 20.9. The first-order valence-electron chi connectivity index (χ1n) is 12.3. The molecule has 1 atom stereocenters. The Morgan fingerprint density at radius 3 is 2.08 bits per heavy atom. The third kappa shape index (κ3) is 6.65. The van der Waals surface area contributed by atoms with Crippen LogP contribution in [0.25, 0.3) is 0 Å². The van der Waals surface area contributed by atoms with Gasteiger partial charge in [0.15, 0.2) is 5.78 Å². The zero-order valence-corrected chi connectivity index (χ0v) is 20.9. The summed E-state index contributed by atoms with van der Waals surface area (Å²) in [5.74, 6) is -0.273. The van der Waals surface area contributed by atoms with Crippen molar-refractivity contribution in [1.29, 1.82) is 0 Å². The lowest BCUT2D eigenvalue weighted by molar-refractivity contribution is -0.114. The van der Waals surface area contributed by atoms with Crippen molar-refractivity contribution in [2.24, 2.45) is 5.10 Å². The molecule has 186 valence electrons. The largest absolute Gasteiger partial charge is 0.326 e. The van der Waals surface area contributed by atoms with E-state index in [1.54, 1.807) is 6.92 Å². The summed E-state index contributed by atoms with van der Waals surface area (Å²) in [6.45, 7) is 7.20. The van der Waals surface area contributed by atoms with E-state index in [0.29, 0.717) is 11.4 Å². The van der Waals surface area contributed by atoms with Crippen LogP contribution >= 0.6 is 0 Å². The van der Waals surface area contributed by atoms with Crippen LogP contribution in [0.2, 0.25) is 0 Å². The number of hydrogen-bond acceptors (Lipinski definition) is 6. The van der Waals surface area contributed by atoms with E-state index >= 15 is 0 Å². The Kier molecular flexibility index (Phi) is 8.60. The molecule has 1 aliphatic heterocycles. The van der Waals surface area contributed by atoms with E-state index in [1.165, 1.54) is 12.5 Å². The molecule has 0 bridgehead atoms. The van der Waals surface area contributed by atoms with Crippen LogP contribution in [-0.2, 0) is 16.1 Å². The third-order valence-electron chi connectivity index (χ3n) is 6.29. The van der Waals surface area contributed by atoms with Crippen LogP contribution in [-0.4, -0.2) is 53.4 Å². The van der Waals surface area contributed by atoms with E-state index in [1.807, 2.05) is 60.7 Å². The molecule has 1 unspecified atom stereocenters. The number of nitrogens with zero attached hydrogens (tertiary/aromatic N) is 3. The molecule has 0 radical (unpaired) electrons. The van der Waals surface area contributed by atoms with Gasteiger partial charge in [-0.2, -0.15) is 5.10 Å². The molecular formula is C29H33N5O2. The molecule has 1 amide bonds. The number of amides is 1. The van der Waals surface area contributed by atoms with Crippen LogP contribution in [0.15, 0.2) is 90.0 Å². The summed E-state index contributed by atoms with van der Waals surface area (Å²) in [5, 5.41) is 7.54. The number of nitrogens with one attached hydrogen (secondary N) is 2. The number of hydrazone groups is 1. The quantitative estimate of drug-likeness (QED) is 0.345. The fourth-order valence-electron chi connectivity index (χ4n) is 4.55. The highest BCUT2D eigenvalue weighted by Crippen LogP contribution is 2.31. The molecule has 3 aromatic rings. The van der Waals surface area contributed by atoms with Crippen molar-refractivity contribution in [2.45, 2.75) is 26.4 Å². The highest BCUT2D eigenvalue weighted by atomic mass is 16.1. The summed E-state index contributed by atoms with van der Waals surface area (Å²) >= 11 is 0. The van der Waals surface area contributed by atoms with E-state index in [4.69, 9.17) is 0 Å². The SMILES string of the molecule is CC(=O)Nc1ccccc1C(/C(=N/Nc1ccccc1)C(C)=O)N1CCN(Cc2ccccc2)CC1. The Hall–Kier alpha value is -3.81. The fraction of sp³-hybridized carbons (Fsp3) is 0.276. The number of benzene rings is 3. The van der Waals surface area contributed by atoms with Crippen LogP contribution in [0.1, 0.15) is 31.0 Å². The Bertz CT molecular complexity index is 1190. The Balaban J connectivity index is 1.63. The molecule has 2 N–H and O–H groups in total. The Morgan fingerprint density at radius 2 is 1.44 bits per heavy atom. The monoisotopic (exact) mass is 483 g/mol. The van der Waals surface area contributed by atoms with Crippen molar-refractivity contribution in [2.75, 3.05) is 36.9 Å². The van der Waals surface area contributed by atoms with E-state index in [2.05, 4.69) is 49.9 Å². The van der Waals surface area contributed by atoms with Gasteiger partial charge in [0.2, 0.25) is 5.91 Å². The van der Waals surface area contributed by atoms with Gasteiger partial charge in [-0.1, -0.05) is 66.7 Å². The first-order valence-corrected chi connectivity index (χ1v) is 12.3. The Labute approximate surface area is 212 Å². The van der Waals surface area contributed by atoms with E-state index in [-0.39, 0.29) is 11.7 Å². The predicted octanol–water partition coefficient (Wildman–Crippen LogP) is 4.56. The minimum absolute atomic E-state index is 0.118. The normalized spacial score (nSPS) is 15.8. The fourth-order valence-corrected chi connectivity index (χ4v) is 4.55. The van der Waals surface area contributed by atoms with Crippen molar-refractivity contribution in [3.8, 4) is 0 Å². The molecule has 0 saturated carbocycles. The molecule has 7 nitrogen and oxygen atoms in total. The Morgan fingerprint density at radius 1 is 0.833 bits per heavy atom. The number of hydrogen-bond donors (Lipinski definition) is 2. The second kappa shape index (κ2) is 12.2. The summed E-state index contributed by atoms with van der Waals surface area (Å²) < 4.78 is 0. The highest BCUT2D eigenvalue weighted by molar-refractivity contribution is 6.41. The predicted molar refractivity (Wildman–Crippen MR) is 145 cm³/mol. The number of carbonyl (C=O) groups is 2. The van der Waals surface area contributed by atoms with E-state index in [9.17, 15) is 9.59 Å². The first kappa shape index (κ1) is 25.3. The number of piperazine rings is 1. The smallest absolute Gasteiger partial charge is 0.221 e. The van der Waals surface area contributed by atoms with Crippen LogP contribution in [0.3, 0.4) is 0 Å². The molecule has 0 aliphatic carbocycles. The van der Waals surface area contributed by atoms with Gasteiger partial charge in [-0.25, -0.2) is 0 Å². The lowest BCUT2D eigenvalue weighted by Gasteiger charge is -2.40. The lowest BCUT2D eigenvalue weighted by Crippen LogP contribution is -2.49. The lowest BCUT2D eigenvalue weighted by atomic mass is 9.95. The maximum Gasteiger partial charge on any atom is 0.221 e. The van der Waals surface area contributed by atoms with Crippen molar-refractivity contribution in [1.82, 2.24) is 9.80 Å². The van der Waals surface area contributed by atoms with Gasteiger partial charge in [0.05, 0.1) is 11.7 Å². The molecule has 4 rings (SSSR count). The molecule has 0 aromatic heterocycles. The molecule has 3 aromatic carbocycles. The molecule has 1 aliphatic rings. The number of ketones is 1. The summed E-state index contributed by atoms with van der Waals surface area (Å²) in [5.41, 5.74) is 7.11. The van der Waals surface area contributed by atoms with Gasteiger partial charge in [0.25, 0.3) is 0 Å². The number of rotatable bonds is 9. The molecule has 0 spiro atoms. The van der Waals surface area contributed by atoms with Gasteiger partial charge < -0.3 is 5.32 Å². The summed E-state index contributed by atoms with van der Waals surface area (Å²) in [6.07, 6.45) is 0. The molecule has 1 heterocycles. The summed E-state index contributed by atoms with van der Waals surface area (Å²) in [4.78, 5) is 29.6. The van der Waals surface area contributed by atoms with E-state index < -0.39 is 6.04 Å². The van der Waals surface area contributed by atoms with Crippen LogP contribution in [0.4, 0.5) is 11.4 Å². The van der Waals surface area contributed by atoms with Gasteiger partial charge in [0, 0.05) is 52.3 Å². The van der Waals surface area contributed by atoms with Crippen molar-refractivity contribution in [3.63, 3.8) is 0 Å². The van der Waals surface area contributed by atoms with Gasteiger partial charge in [-0.3, -0.25) is 24.8 Å². The van der Waals surface area contributed by atoms with Crippen LogP contribution in [0, 0.1) is 0 Å². The minimum Gasteiger partial charge on any atom is -0.326 e. The number of anilines is 2. The maximum atomic E-state index is 13.0. The van der Waals surface area contributed by atoms with Gasteiger partial charge in [-0.05, 0) is 29.3 Å². The maximum absolute atomic E-state index is 13.0. The zero-order chi connectivity index (χ0) is 25.3. The van der Waals surface area contributed by atoms with Crippen molar-refractivity contribution < 1.29 is 9.59 Å². The average molecular weight is 484 g/mol. The third-order valence-corrected chi connectivity index (χ3v) is 6.29. The topological polar surface area (TPSA) is 77.0 Å². The number of carbonyl (C=O) groups excluding carboxylic acids is 2.